The van der Waals surface area contributed by atoms with Crippen LogP contribution in [0.2, 0.25) is 0 Å². The average molecular weight is 658 g/mol. The van der Waals surface area contributed by atoms with Crippen molar-refractivity contribution in [2.24, 2.45) is 0 Å². The summed E-state index contributed by atoms with van der Waals surface area (Å²) in [5.41, 5.74) is 3.17. The zero-order valence-electron chi connectivity index (χ0n) is 25.9. The Bertz CT molecular complexity index is 1700. The highest BCUT2D eigenvalue weighted by Gasteiger charge is 2.49. The lowest BCUT2D eigenvalue weighted by Gasteiger charge is -2.30. The Labute approximate surface area is 265 Å². The van der Waals surface area contributed by atoms with Gasteiger partial charge in [0.2, 0.25) is 0 Å². The Balaban J connectivity index is 1.29. The van der Waals surface area contributed by atoms with Crippen LogP contribution in [-0.2, 0) is 34.4 Å². The number of hydrogen-bond donors (Lipinski definition) is 0. The molecule has 0 saturated carbocycles. The van der Waals surface area contributed by atoms with E-state index < -0.39 is 20.2 Å². The zero-order chi connectivity index (χ0) is 31.4. The smallest absolute Gasteiger partial charge is 0.339 e. The van der Waals surface area contributed by atoms with E-state index in [-0.39, 0.29) is 87.0 Å². The molecule has 0 spiro atoms. The number of hydrogen-bond acceptors (Lipinski definition) is 9. The van der Waals surface area contributed by atoms with Gasteiger partial charge in [0.25, 0.3) is 0 Å². The van der Waals surface area contributed by atoms with Gasteiger partial charge in [0.15, 0.2) is 0 Å². The van der Waals surface area contributed by atoms with Gasteiger partial charge in [-0.3, -0.25) is 0 Å². The first-order valence-electron chi connectivity index (χ1n) is 16.5. The van der Waals surface area contributed by atoms with E-state index in [9.17, 15) is 21.4 Å². The maximum atomic E-state index is 14.7. The number of benzene rings is 2. The summed E-state index contributed by atoms with van der Waals surface area (Å²) >= 11 is 0. The third-order valence-electron chi connectivity index (χ3n) is 11.4. The Hall–Kier alpha value is -2.02. The van der Waals surface area contributed by atoms with Crippen molar-refractivity contribution in [3.8, 4) is 5.75 Å². The molecule has 9 atom stereocenters. The predicted molar refractivity (Wildman–Crippen MR) is 163 cm³/mol. The molecule has 6 fully saturated rings. The molecule has 11 heteroatoms. The second kappa shape index (κ2) is 10.8. The van der Waals surface area contributed by atoms with Crippen LogP contribution in [0.4, 0.5) is 0 Å². The predicted octanol–water partition coefficient (Wildman–Crippen LogP) is 5.89. The molecule has 6 aliphatic heterocycles. The number of ether oxygens (including phenoxy) is 3. The Kier molecular flexibility index (Phi) is 7.24. The van der Waals surface area contributed by atoms with Gasteiger partial charge in [-0.05, 0) is 111 Å². The molecule has 2 aromatic rings. The van der Waals surface area contributed by atoms with Crippen molar-refractivity contribution < 1.29 is 39.8 Å². The van der Waals surface area contributed by atoms with Gasteiger partial charge in [-0.15, -0.1) is 0 Å². The van der Waals surface area contributed by atoms with E-state index in [4.69, 9.17) is 18.4 Å². The second-order valence-corrected chi connectivity index (χ2v) is 17.3. The first-order valence-corrected chi connectivity index (χ1v) is 19.4. The van der Waals surface area contributed by atoms with Crippen molar-refractivity contribution in [1.82, 2.24) is 0 Å². The fourth-order valence-electron chi connectivity index (χ4n) is 9.27. The summed E-state index contributed by atoms with van der Waals surface area (Å²) in [6.07, 6.45) is 8.89. The minimum Gasteiger partial charge on any atom is -0.744 e. The van der Waals surface area contributed by atoms with Crippen LogP contribution in [0.5, 0.6) is 5.75 Å². The minimum absolute atomic E-state index is 0.0296. The molecular weight excluding hydrogens is 616 g/mol. The zero-order valence-corrected chi connectivity index (χ0v) is 27.6. The maximum Gasteiger partial charge on any atom is 0.339 e. The summed E-state index contributed by atoms with van der Waals surface area (Å²) in [7, 11) is -9.19. The van der Waals surface area contributed by atoms with Crippen LogP contribution in [0.3, 0.4) is 0 Å². The summed E-state index contributed by atoms with van der Waals surface area (Å²) in [5.74, 6) is -0.247. The quantitative estimate of drug-likeness (QED) is 0.252. The van der Waals surface area contributed by atoms with Gasteiger partial charge < -0.3 is 22.9 Å². The molecular formula is C34H41O9S2-. The third kappa shape index (κ3) is 5.17. The molecule has 0 aliphatic carbocycles. The molecule has 6 heterocycles. The molecule has 9 nitrogen and oxygen atoms in total. The van der Waals surface area contributed by atoms with Gasteiger partial charge >= 0.3 is 10.1 Å². The molecule has 244 valence electrons. The van der Waals surface area contributed by atoms with E-state index in [0.717, 1.165) is 74.5 Å². The molecule has 0 aromatic heterocycles. The van der Waals surface area contributed by atoms with Gasteiger partial charge in [0.1, 0.15) is 20.8 Å². The van der Waals surface area contributed by atoms with Crippen molar-refractivity contribution >= 4 is 20.2 Å². The van der Waals surface area contributed by atoms with Gasteiger partial charge in [0.05, 0.1) is 41.5 Å². The number of aryl methyl sites for hydroxylation is 1. The van der Waals surface area contributed by atoms with E-state index in [0.29, 0.717) is 0 Å². The Morgan fingerprint density at radius 3 is 1.62 bits per heavy atom. The molecule has 2 aromatic carbocycles. The molecule has 0 N–H and O–H groups in total. The lowest BCUT2D eigenvalue weighted by atomic mass is 9.76. The average Bonchev–Trinajstić information content (AvgIpc) is 3.85. The van der Waals surface area contributed by atoms with Gasteiger partial charge in [0, 0.05) is 17.8 Å². The van der Waals surface area contributed by atoms with Crippen LogP contribution in [0.1, 0.15) is 123 Å². The van der Waals surface area contributed by atoms with Crippen LogP contribution < -0.4 is 4.18 Å². The van der Waals surface area contributed by atoms with Crippen LogP contribution in [-0.4, -0.2) is 58.0 Å². The van der Waals surface area contributed by atoms with Crippen LogP contribution in [0, 0.1) is 6.92 Å². The molecule has 6 saturated heterocycles. The summed E-state index contributed by atoms with van der Waals surface area (Å²) in [6, 6.07) is 6.85. The Morgan fingerprint density at radius 1 is 0.733 bits per heavy atom. The van der Waals surface area contributed by atoms with Crippen LogP contribution >= 0.6 is 0 Å². The van der Waals surface area contributed by atoms with Gasteiger partial charge in [-0.25, -0.2) is 8.42 Å². The fraction of sp³-hybridized carbons (Fsp3) is 0.647. The van der Waals surface area contributed by atoms with E-state index in [1.807, 2.05) is 0 Å². The van der Waals surface area contributed by atoms with E-state index >= 15 is 0 Å². The van der Waals surface area contributed by atoms with E-state index in [1.165, 1.54) is 12.1 Å². The molecule has 0 radical (unpaired) electrons. The van der Waals surface area contributed by atoms with Gasteiger partial charge in [-0.1, -0.05) is 26.0 Å². The highest BCUT2D eigenvalue weighted by molar-refractivity contribution is 7.87. The highest BCUT2D eigenvalue weighted by atomic mass is 32.2. The summed E-state index contributed by atoms with van der Waals surface area (Å²) in [5, 5.41) is 0. The molecule has 45 heavy (non-hydrogen) atoms. The van der Waals surface area contributed by atoms with Crippen molar-refractivity contribution in [3.05, 3.63) is 52.1 Å². The first kappa shape index (κ1) is 30.3. The normalized spacial score (nSPS) is 35.3. The second-order valence-electron chi connectivity index (χ2n) is 14.5. The van der Waals surface area contributed by atoms with Crippen molar-refractivity contribution in [3.63, 3.8) is 0 Å². The number of fused-ring (bicyclic) bond motifs is 6. The fourth-order valence-corrected chi connectivity index (χ4v) is 11.7. The molecule has 9 unspecified atom stereocenters. The van der Waals surface area contributed by atoms with Crippen molar-refractivity contribution in [2.45, 2.75) is 149 Å². The molecule has 6 aliphatic rings. The van der Waals surface area contributed by atoms with Crippen LogP contribution in [0.15, 0.2) is 34.1 Å². The minimum atomic E-state index is -4.77. The molecule has 8 rings (SSSR count). The van der Waals surface area contributed by atoms with Crippen molar-refractivity contribution in [2.75, 3.05) is 0 Å². The van der Waals surface area contributed by atoms with Crippen LogP contribution in [0.25, 0.3) is 0 Å². The highest BCUT2D eigenvalue weighted by Crippen LogP contribution is 2.53. The standard InChI is InChI=1S/C34H42O9S2/c1-17(2)23-16-32(18(3)10-33(23)44(35,36)37)43-45(38,39)34-27(25-14-21-5-8-30(25)41-21)11-19(24-13-20-4-7-29(24)40-20)12-28(34)26-15-22-6-9-31(26)42-22/h10-12,16-17,20-22,24-26,29-31H,4-9,13-15H2,1-3H3,(H,35,36,37)/p-1. The molecule has 0 amide bonds. The Morgan fingerprint density at radius 2 is 1.22 bits per heavy atom. The largest absolute Gasteiger partial charge is 0.744 e. The number of rotatable bonds is 8. The lowest BCUT2D eigenvalue weighted by molar-refractivity contribution is 0.0996. The SMILES string of the molecule is Cc1cc(S(=O)(=O)[O-])c(C(C)C)cc1OS(=O)(=O)c1c(C2CC3CCC2O3)cc(C2CC3CCC2O3)cc1C1CC2CCC1O2. The van der Waals surface area contributed by atoms with Crippen molar-refractivity contribution in [1.29, 1.82) is 0 Å². The first-order chi connectivity index (χ1) is 21.4. The summed E-state index contributed by atoms with van der Waals surface area (Å²) in [4.78, 5) is -0.138. The topological polar surface area (TPSA) is 128 Å². The molecule has 6 bridgehead atoms. The third-order valence-corrected chi connectivity index (χ3v) is 13.6. The lowest BCUT2D eigenvalue weighted by Crippen LogP contribution is -2.26. The summed E-state index contributed by atoms with van der Waals surface area (Å²) in [6.45, 7) is 5.09. The van der Waals surface area contributed by atoms with E-state index in [1.54, 1.807) is 20.8 Å². The van der Waals surface area contributed by atoms with E-state index in [2.05, 4.69) is 12.1 Å². The summed E-state index contributed by atoms with van der Waals surface area (Å²) < 4.78 is 90.6. The van der Waals surface area contributed by atoms with Gasteiger partial charge in [-0.2, -0.15) is 8.42 Å². The maximum absolute atomic E-state index is 14.7. The monoisotopic (exact) mass is 657 g/mol.